The van der Waals surface area contributed by atoms with E-state index in [-0.39, 0.29) is 23.1 Å². The van der Waals surface area contributed by atoms with Crippen molar-refractivity contribution in [2.24, 2.45) is 0 Å². The molecule has 1 fully saturated rings. The van der Waals surface area contributed by atoms with Crippen molar-refractivity contribution in [3.63, 3.8) is 0 Å². The van der Waals surface area contributed by atoms with E-state index >= 15 is 0 Å². The lowest BCUT2D eigenvalue weighted by molar-refractivity contribution is 0.00309. The molecule has 6 nitrogen and oxygen atoms in total. The molecule has 24 heavy (non-hydrogen) atoms. The predicted octanol–water partition coefficient (Wildman–Crippen LogP) is 2.06. The van der Waals surface area contributed by atoms with Crippen LogP contribution >= 0.6 is 11.6 Å². The Labute approximate surface area is 144 Å². The number of amides is 1. The van der Waals surface area contributed by atoms with Gasteiger partial charge in [0, 0.05) is 18.3 Å². The molecule has 0 bridgehead atoms. The summed E-state index contributed by atoms with van der Waals surface area (Å²) < 4.78 is 6.87. The quantitative estimate of drug-likeness (QED) is 0.834. The van der Waals surface area contributed by atoms with Gasteiger partial charge in [0.2, 0.25) is 5.43 Å². The molecule has 0 N–H and O–H groups in total. The normalized spacial score (nSPS) is 17.8. The van der Waals surface area contributed by atoms with Crippen LogP contribution in [0.5, 0.6) is 0 Å². The monoisotopic (exact) mass is 347 g/mol. The molecule has 0 unspecified atom stereocenters. The lowest BCUT2D eigenvalue weighted by Gasteiger charge is -2.32. The van der Waals surface area contributed by atoms with Crippen LogP contribution in [0, 0.1) is 6.92 Å². The minimum atomic E-state index is -0.389. The van der Waals surface area contributed by atoms with E-state index < -0.39 is 0 Å². The Bertz CT molecular complexity index is 834. The predicted molar refractivity (Wildman–Crippen MR) is 90.9 cm³/mol. The summed E-state index contributed by atoms with van der Waals surface area (Å²) in [6, 6.07) is 8.48. The summed E-state index contributed by atoms with van der Waals surface area (Å²) in [6.45, 7) is 5.00. The van der Waals surface area contributed by atoms with Crippen LogP contribution in [0.3, 0.4) is 0 Å². The van der Waals surface area contributed by atoms with Crippen molar-refractivity contribution in [3.05, 3.63) is 57.0 Å². The average Bonchev–Trinajstić information content (AvgIpc) is 2.56. The Morgan fingerprint density at radius 2 is 2.12 bits per heavy atom. The fourth-order valence-electron chi connectivity index (χ4n) is 2.73. The summed E-state index contributed by atoms with van der Waals surface area (Å²) in [6.07, 6.45) is 0. The molecule has 126 valence electrons. The minimum Gasteiger partial charge on any atom is -0.377 e. The second-order valence-corrected chi connectivity index (χ2v) is 6.19. The molecule has 1 aliphatic rings. The van der Waals surface area contributed by atoms with Crippen LogP contribution in [0.2, 0.25) is 5.02 Å². The fourth-order valence-corrected chi connectivity index (χ4v) is 2.94. The topological polar surface area (TPSA) is 64.4 Å². The maximum Gasteiger partial charge on any atom is 0.278 e. The minimum absolute atomic E-state index is 0.0949. The summed E-state index contributed by atoms with van der Waals surface area (Å²) in [7, 11) is 0. The summed E-state index contributed by atoms with van der Waals surface area (Å²) in [4.78, 5) is 26.7. The van der Waals surface area contributed by atoms with E-state index in [9.17, 15) is 9.59 Å². The van der Waals surface area contributed by atoms with Crippen molar-refractivity contribution in [2.45, 2.75) is 19.9 Å². The van der Waals surface area contributed by atoms with Crippen LogP contribution in [0.15, 0.2) is 35.1 Å². The highest BCUT2D eigenvalue weighted by Crippen LogP contribution is 2.20. The van der Waals surface area contributed by atoms with Crippen LogP contribution in [0.1, 0.15) is 23.1 Å². The first-order chi connectivity index (χ1) is 11.5. The number of benzene rings is 1. The van der Waals surface area contributed by atoms with Crippen molar-refractivity contribution in [2.75, 3.05) is 19.8 Å². The summed E-state index contributed by atoms with van der Waals surface area (Å²) in [5, 5.41) is 4.80. The molecule has 0 saturated carbocycles. The highest BCUT2D eigenvalue weighted by molar-refractivity contribution is 6.32. The number of halogens is 1. The van der Waals surface area contributed by atoms with Crippen LogP contribution in [0.25, 0.3) is 5.69 Å². The van der Waals surface area contributed by atoms with Crippen molar-refractivity contribution in [3.8, 4) is 5.69 Å². The van der Waals surface area contributed by atoms with Crippen LogP contribution in [-0.2, 0) is 4.74 Å². The number of rotatable bonds is 2. The van der Waals surface area contributed by atoms with E-state index in [1.165, 1.54) is 10.7 Å². The van der Waals surface area contributed by atoms with E-state index in [0.29, 0.717) is 36.2 Å². The van der Waals surface area contributed by atoms with E-state index in [2.05, 4.69) is 5.10 Å². The Balaban J connectivity index is 2.06. The number of hydrogen-bond acceptors (Lipinski definition) is 4. The zero-order valence-corrected chi connectivity index (χ0v) is 14.3. The molecule has 1 amide bonds. The first kappa shape index (κ1) is 16.7. The third-order valence-electron chi connectivity index (χ3n) is 4.02. The van der Waals surface area contributed by atoms with Crippen LogP contribution in [0.4, 0.5) is 0 Å². The molecule has 1 aliphatic heterocycles. The second kappa shape index (κ2) is 6.75. The molecule has 7 heteroatoms. The molecule has 1 atom stereocenters. The zero-order valence-electron chi connectivity index (χ0n) is 13.5. The van der Waals surface area contributed by atoms with Gasteiger partial charge in [0.15, 0.2) is 5.69 Å². The van der Waals surface area contributed by atoms with Gasteiger partial charge < -0.3 is 9.64 Å². The van der Waals surface area contributed by atoms with Gasteiger partial charge >= 0.3 is 0 Å². The Morgan fingerprint density at radius 3 is 2.83 bits per heavy atom. The summed E-state index contributed by atoms with van der Waals surface area (Å²) in [5.74, 6) is -0.378. The van der Waals surface area contributed by atoms with Gasteiger partial charge in [-0.1, -0.05) is 23.7 Å². The van der Waals surface area contributed by atoms with Gasteiger partial charge in [-0.15, -0.1) is 0 Å². The third kappa shape index (κ3) is 3.07. The van der Waals surface area contributed by atoms with E-state index in [1.807, 2.05) is 19.1 Å². The average molecular weight is 348 g/mol. The van der Waals surface area contributed by atoms with Gasteiger partial charge in [-0.3, -0.25) is 9.59 Å². The molecular formula is C17H18ClN3O3. The maximum absolute atomic E-state index is 12.8. The SMILES string of the molecule is Cc1cc(=O)c(C(=O)N2CCOC[C@H]2C)nn1-c1ccccc1Cl. The number of carbonyl (C=O) groups excluding carboxylic acids is 1. The number of hydrogen-bond donors (Lipinski definition) is 0. The lowest BCUT2D eigenvalue weighted by atomic mass is 10.2. The smallest absolute Gasteiger partial charge is 0.278 e. The van der Waals surface area contributed by atoms with Gasteiger partial charge in [-0.2, -0.15) is 5.10 Å². The molecule has 2 heterocycles. The molecule has 0 radical (unpaired) electrons. The molecule has 3 rings (SSSR count). The first-order valence-electron chi connectivity index (χ1n) is 7.73. The Hall–Kier alpha value is -2.18. The first-order valence-corrected chi connectivity index (χ1v) is 8.11. The second-order valence-electron chi connectivity index (χ2n) is 5.78. The van der Waals surface area contributed by atoms with Crippen molar-refractivity contribution in [1.29, 1.82) is 0 Å². The van der Waals surface area contributed by atoms with Gasteiger partial charge in [0.05, 0.1) is 30.0 Å². The molecule has 0 spiro atoms. The van der Waals surface area contributed by atoms with Crippen molar-refractivity contribution >= 4 is 17.5 Å². The number of para-hydroxylation sites is 1. The Morgan fingerprint density at radius 1 is 1.38 bits per heavy atom. The highest BCUT2D eigenvalue weighted by Gasteiger charge is 2.28. The van der Waals surface area contributed by atoms with Gasteiger partial charge in [-0.05, 0) is 26.0 Å². The van der Waals surface area contributed by atoms with Crippen molar-refractivity contribution < 1.29 is 9.53 Å². The van der Waals surface area contributed by atoms with E-state index in [1.54, 1.807) is 24.0 Å². The van der Waals surface area contributed by atoms with Gasteiger partial charge in [0.1, 0.15) is 0 Å². The molecular weight excluding hydrogens is 330 g/mol. The largest absolute Gasteiger partial charge is 0.377 e. The van der Waals surface area contributed by atoms with Crippen molar-refractivity contribution in [1.82, 2.24) is 14.7 Å². The van der Waals surface area contributed by atoms with E-state index in [4.69, 9.17) is 16.3 Å². The van der Waals surface area contributed by atoms with Crippen LogP contribution < -0.4 is 5.43 Å². The third-order valence-corrected chi connectivity index (χ3v) is 4.34. The maximum atomic E-state index is 12.8. The number of carbonyl (C=O) groups is 1. The van der Waals surface area contributed by atoms with Crippen LogP contribution in [-0.4, -0.2) is 46.4 Å². The molecule has 2 aromatic rings. The number of aromatic nitrogens is 2. The zero-order chi connectivity index (χ0) is 17.3. The summed E-state index contributed by atoms with van der Waals surface area (Å²) in [5.41, 5.74) is 0.745. The molecule has 0 aliphatic carbocycles. The summed E-state index contributed by atoms with van der Waals surface area (Å²) >= 11 is 6.22. The number of aryl methyl sites for hydroxylation is 1. The highest BCUT2D eigenvalue weighted by atomic mass is 35.5. The molecule has 1 saturated heterocycles. The molecule has 1 aromatic carbocycles. The fraction of sp³-hybridized carbons (Fsp3) is 0.353. The number of ether oxygens (including phenoxy) is 1. The van der Waals surface area contributed by atoms with Gasteiger partial charge in [-0.25, -0.2) is 4.68 Å². The molecule has 1 aromatic heterocycles. The Kier molecular flexibility index (Phi) is 4.69. The number of morpholine rings is 1. The van der Waals surface area contributed by atoms with E-state index in [0.717, 1.165) is 0 Å². The standard InChI is InChI=1S/C17H18ClN3O3/c1-11-9-15(22)16(17(23)20-7-8-24-10-12(20)2)19-21(11)14-6-4-3-5-13(14)18/h3-6,9,12H,7-8,10H2,1-2H3/t12-/m1/s1. The number of nitrogens with zero attached hydrogens (tertiary/aromatic N) is 3. The lowest BCUT2D eigenvalue weighted by Crippen LogP contribution is -2.48. The van der Waals surface area contributed by atoms with Gasteiger partial charge in [0.25, 0.3) is 5.91 Å².